The third kappa shape index (κ3) is 3.65. The third-order valence-corrected chi connectivity index (χ3v) is 3.52. The van der Waals surface area contributed by atoms with Crippen LogP contribution in [0.2, 0.25) is 0 Å². The van der Waals surface area contributed by atoms with E-state index in [4.69, 9.17) is 4.42 Å². The molecular formula is C9H11N3OS2. The van der Waals surface area contributed by atoms with Gasteiger partial charge in [-0.25, -0.2) is 4.98 Å². The quantitative estimate of drug-likeness (QED) is 0.619. The fourth-order valence-corrected chi connectivity index (χ4v) is 2.47. The zero-order chi connectivity index (χ0) is 10.3. The van der Waals surface area contributed by atoms with E-state index < -0.39 is 0 Å². The van der Waals surface area contributed by atoms with Crippen LogP contribution < -0.4 is 5.32 Å². The Bertz CT molecular complexity index is 324. The number of furan rings is 1. The molecule has 0 atom stereocenters. The summed E-state index contributed by atoms with van der Waals surface area (Å²) >= 11 is 3.15. The first-order valence-corrected chi connectivity index (χ1v) is 6.33. The smallest absolute Gasteiger partial charge is 0.169 e. The highest BCUT2D eigenvalue weighted by molar-refractivity contribution is 8.00. The van der Waals surface area contributed by atoms with E-state index in [1.54, 1.807) is 24.4 Å². The zero-order valence-electron chi connectivity index (χ0n) is 8.05. The van der Waals surface area contributed by atoms with Gasteiger partial charge >= 0.3 is 0 Å². The molecule has 6 heteroatoms. The summed E-state index contributed by atoms with van der Waals surface area (Å²) in [5, 5.41) is 3.29. The molecule has 4 nitrogen and oxygen atoms in total. The highest BCUT2D eigenvalue weighted by Crippen LogP contribution is 2.16. The maximum atomic E-state index is 5.20. The summed E-state index contributed by atoms with van der Waals surface area (Å²) in [4.78, 5) is 4.09. The maximum Gasteiger partial charge on any atom is 0.169 e. The minimum atomic E-state index is 0.781. The van der Waals surface area contributed by atoms with Gasteiger partial charge in [0.25, 0.3) is 0 Å². The summed E-state index contributed by atoms with van der Waals surface area (Å²) in [6.45, 7) is 1.72. The lowest BCUT2D eigenvalue weighted by atomic mass is 10.4. The van der Waals surface area contributed by atoms with Crippen LogP contribution in [-0.4, -0.2) is 21.7 Å². The second kappa shape index (κ2) is 5.89. The molecule has 2 heterocycles. The van der Waals surface area contributed by atoms with E-state index in [0.29, 0.717) is 0 Å². The first kappa shape index (κ1) is 10.7. The van der Waals surface area contributed by atoms with Crippen molar-refractivity contribution in [2.75, 3.05) is 12.3 Å². The van der Waals surface area contributed by atoms with Crippen LogP contribution in [0.4, 0.5) is 0 Å². The number of thioether (sulfide) groups is 1. The van der Waals surface area contributed by atoms with Crippen LogP contribution >= 0.6 is 23.3 Å². The van der Waals surface area contributed by atoms with Crippen molar-refractivity contribution >= 4 is 23.3 Å². The van der Waals surface area contributed by atoms with Crippen LogP contribution in [0.3, 0.4) is 0 Å². The molecule has 1 N–H and O–H groups in total. The van der Waals surface area contributed by atoms with Gasteiger partial charge in [0, 0.05) is 12.3 Å². The number of aromatic nitrogens is 2. The summed E-state index contributed by atoms with van der Waals surface area (Å²) in [5.41, 5.74) is 0. The van der Waals surface area contributed by atoms with Crippen molar-refractivity contribution in [3.8, 4) is 0 Å². The molecule has 0 amide bonds. The summed E-state index contributed by atoms with van der Waals surface area (Å²) in [5.74, 6) is 1.96. The Hall–Kier alpha value is -0.850. The van der Waals surface area contributed by atoms with Gasteiger partial charge in [-0.05, 0) is 23.7 Å². The Morgan fingerprint density at radius 2 is 2.53 bits per heavy atom. The number of nitrogens with one attached hydrogen (secondary N) is 1. The average molecular weight is 241 g/mol. The highest BCUT2D eigenvalue weighted by atomic mass is 32.2. The zero-order valence-corrected chi connectivity index (χ0v) is 9.68. The lowest BCUT2D eigenvalue weighted by Crippen LogP contribution is -2.15. The number of hydrogen-bond donors (Lipinski definition) is 1. The van der Waals surface area contributed by atoms with E-state index in [0.717, 1.165) is 28.9 Å². The topological polar surface area (TPSA) is 51.0 Å². The highest BCUT2D eigenvalue weighted by Gasteiger charge is 1.97. The molecule has 0 saturated carbocycles. The molecule has 80 valence electrons. The molecule has 0 saturated heterocycles. The van der Waals surface area contributed by atoms with Crippen molar-refractivity contribution in [1.29, 1.82) is 0 Å². The Labute approximate surface area is 96.3 Å². The SMILES string of the molecule is c1coc(CNCCSc2ncns2)c1. The van der Waals surface area contributed by atoms with Crippen molar-refractivity contribution in [1.82, 2.24) is 14.7 Å². The van der Waals surface area contributed by atoms with Gasteiger partial charge in [0.1, 0.15) is 12.1 Å². The van der Waals surface area contributed by atoms with E-state index >= 15 is 0 Å². The minimum Gasteiger partial charge on any atom is -0.468 e. The molecule has 0 aliphatic heterocycles. The largest absolute Gasteiger partial charge is 0.468 e. The monoisotopic (exact) mass is 241 g/mol. The first-order valence-electron chi connectivity index (χ1n) is 4.58. The molecule has 0 spiro atoms. The molecular weight excluding hydrogens is 230 g/mol. The van der Waals surface area contributed by atoms with Gasteiger partial charge in [-0.3, -0.25) is 0 Å². The van der Waals surface area contributed by atoms with Crippen molar-refractivity contribution < 1.29 is 4.42 Å². The van der Waals surface area contributed by atoms with Gasteiger partial charge in [-0.2, -0.15) is 4.37 Å². The first-order chi connectivity index (χ1) is 7.45. The lowest BCUT2D eigenvalue weighted by Gasteiger charge is -2.00. The van der Waals surface area contributed by atoms with Crippen LogP contribution in [0.15, 0.2) is 33.5 Å². The van der Waals surface area contributed by atoms with Crippen molar-refractivity contribution in [2.24, 2.45) is 0 Å². The Kier molecular flexibility index (Phi) is 4.19. The average Bonchev–Trinajstić information content (AvgIpc) is 2.88. The predicted molar refractivity (Wildman–Crippen MR) is 61.0 cm³/mol. The molecule has 2 aromatic heterocycles. The van der Waals surface area contributed by atoms with Gasteiger partial charge in [0.2, 0.25) is 0 Å². The third-order valence-electron chi connectivity index (χ3n) is 1.72. The molecule has 2 rings (SSSR count). The molecule has 15 heavy (non-hydrogen) atoms. The number of nitrogens with zero attached hydrogens (tertiary/aromatic N) is 2. The minimum absolute atomic E-state index is 0.781. The molecule has 0 fully saturated rings. The van der Waals surface area contributed by atoms with Crippen molar-refractivity contribution in [3.05, 3.63) is 30.5 Å². The van der Waals surface area contributed by atoms with Crippen LogP contribution in [0, 0.1) is 0 Å². The predicted octanol–water partition coefficient (Wildman–Crippen LogP) is 2.01. The van der Waals surface area contributed by atoms with Crippen LogP contribution in [0.5, 0.6) is 0 Å². The second-order valence-corrected chi connectivity index (χ2v) is 4.93. The number of rotatable bonds is 6. The van der Waals surface area contributed by atoms with Gasteiger partial charge in [0.05, 0.1) is 12.8 Å². The maximum absolute atomic E-state index is 5.20. The Morgan fingerprint density at radius 1 is 1.53 bits per heavy atom. The molecule has 0 radical (unpaired) electrons. The van der Waals surface area contributed by atoms with E-state index in [2.05, 4.69) is 14.7 Å². The fraction of sp³-hybridized carbons (Fsp3) is 0.333. The van der Waals surface area contributed by atoms with Crippen LogP contribution in [-0.2, 0) is 6.54 Å². The van der Waals surface area contributed by atoms with Crippen molar-refractivity contribution in [2.45, 2.75) is 10.9 Å². The molecule has 0 aromatic carbocycles. The van der Waals surface area contributed by atoms with Crippen molar-refractivity contribution in [3.63, 3.8) is 0 Å². The van der Waals surface area contributed by atoms with E-state index in [1.165, 1.54) is 11.5 Å². The molecule has 0 unspecified atom stereocenters. The standard InChI is InChI=1S/C9H11N3OS2/c1-2-8(13-4-1)6-10-3-5-14-9-11-7-12-15-9/h1-2,4,7,10H,3,5-6H2. The summed E-state index contributed by atoms with van der Waals surface area (Å²) in [6.07, 6.45) is 3.27. The second-order valence-electron chi connectivity index (χ2n) is 2.81. The summed E-state index contributed by atoms with van der Waals surface area (Å²) in [6, 6.07) is 3.86. The molecule has 2 aromatic rings. The molecule has 0 bridgehead atoms. The van der Waals surface area contributed by atoms with Gasteiger partial charge < -0.3 is 9.73 Å². The lowest BCUT2D eigenvalue weighted by molar-refractivity contribution is 0.488. The van der Waals surface area contributed by atoms with E-state index in [-0.39, 0.29) is 0 Å². The van der Waals surface area contributed by atoms with Crippen LogP contribution in [0.25, 0.3) is 0 Å². The van der Waals surface area contributed by atoms with Gasteiger partial charge in [-0.1, -0.05) is 11.8 Å². The summed E-state index contributed by atoms with van der Waals surface area (Å²) < 4.78 is 10.2. The Balaban J connectivity index is 1.56. The Morgan fingerprint density at radius 3 is 3.27 bits per heavy atom. The fourth-order valence-electron chi connectivity index (χ4n) is 1.06. The van der Waals surface area contributed by atoms with Gasteiger partial charge in [-0.15, -0.1) is 0 Å². The van der Waals surface area contributed by atoms with Gasteiger partial charge in [0.15, 0.2) is 4.34 Å². The number of hydrogen-bond acceptors (Lipinski definition) is 6. The normalized spacial score (nSPS) is 10.7. The van der Waals surface area contributed by atoms with Crippen LogP contribution in [0.1, 0.15) is 5.76 Å². The van der Waals surface area contributed by atoms with E-state index in [1.807, 2.05) is 12.1 Å². The molecule has 0 aliphatic rings. The molecule has 0 aliphatic carbocycles. The van der Waals surface area contributed by atoms with E-state index in [9.17, 15) is 0 Å². The summed E-state index contributed by atoms with van der Waals surface area (Å²) in [7, 11) is 0.